The fourth-order valence-corrected chi connectivity index (χ4v) is 3.38. The quantitative estimate of drug-likeness (QED) is 0.358. The van der Waals surface area contributed by atoms with Gasteiger partial charge in [-0.2, -0.15) is 0 Å². The third-order valence-electron chi connectivity index (χ3n) is 4.91. The highest BCUT2D eigenvalue weighted by molar-refractivity contribution is 6.09. The van der Waals surface area contributed by atoms with E-state index in [1.807, 2.05) is 6.07 Å². The zero-order chi connectivity index (χ0) is 18.4. The Labute approximate surface area is 152 Å². The molecule has 4 rings (SSSR count). The van der Waals surface area contributed by atoms with Crippen LogP contribution in [0.15, 0.2) is 47.0 Å². The zero-order valence-electron chi connectivity index (χ0n) is 15.4. The van der Waals surface area contributed by atoms with E-state index in [0.717, 1.165) is 33.2 Å². The van der Waals surface area contributed by atoms with Gasteiger partial charge in [0.2, 0.25) is 5.69 Å². The molecule has 3 heterocycles. The Hall–Kier alpha value is -3.19. The minimum Gasteiger partial charge on any atom is -0.419 e. The maximum atomic E-state index is 7.17. The van der Waals surface area contributed by atoms with Gasteiger partial charge >= 0.3 is 5.71 Å². The summed E-state index contributed by atoms with van der Waals surface area (Å²) in [5, 5.41) is 1.97. The van der Waals surface area contributed by atoms with Gasteiger partial charge in [-0.15, -0.1) is 0 Å². The topological polar surface area (TPSA) is 34.3 Å². The van der Waals surface area contributed by atoms with E-state index in [-0.39, 0.29) is 0 Å². The summed E-state index contributed by atoms with van der Waals surface area (Å²) in [5.41, 5.74) is 5.98. The van der Waals surface area contributed by atoms with Gasteiger partial charge in [0.15, 0.2) is 11.8 Å². The second kappa shape index (κ2) is 5.96. The smallest absolute Gasteiger partial charge is 0.322 e. The molecule has 0 fully saturated rings. The van der Waals surface area contributed by atoms with E-state index < -0.39 is 0 Å². The summed E-state index contributed by atoms with van der Waals surface area (Å²) >= 11 is 0. The van der Waals surface area contributed by atoms with Crippen molar-refractivity contribution in [1.29, 1.82) is 0 Å². The van der Waals surface area contributed by atoms with Crippen molar-refractivity contribution >= 4 is 27.9 Å². The molecule has 0 N–H and O–H groups in total. The largest absolute Gasteiger partial charge is 0.419 e. The SMILES string of the molecule is [C-]#[N+]c1ccc2c(n1)oc1c(-c3cc(C(C)C)cc[n+]3C)c(C)ccc12. The van der Waals surface area contributed by atoms with Gasteiger partial charge in [0.25, 0.3) is 5.82 Å². The number of hydrogen-bond donors (Lipinski definition) is 0. The van der Waals surface area contributed by atoms with Crippen molar-refractivity contribution in [2.24, 2.45) is 7.05 Å². The lowest BCUT2D eigenvalue weighted by Crippen LogP contribution is -2.31. The van der Waals surface area contributed by atoms with Gasteiger partial charge in [0.1, 0.15) is 7.05 Å². The molecule has 0 bridgehead atoms. The molecule has 0 unspecified atom stereocenters. The normalized spacial score (nSPS) is 11.4. The van der Waals surface area contributed by atoms with Crippen LogP contribution in [0.25, 0.3) is 38.2 Å². The lowest BCUT2D eigenvalue weighted by Gasteiger charge is -2.09. The summed E-state index contributed by atoms with van der Waals surface area (Å²) < 4.78 is 8.27. The maximum absolute atomic E-state index is 7.17. The van der Waals surface area contributed by atoms with Gasteiger partial charge in [-0.25, -0.2) is 4.57 Å². The van der Waals surface area contributed by atoms with E-state index in [1.165, 1.54) is 5.56 Å². The van der Waals surface area contributed by atoms with Crippen molar-refractivity contribution in [1.82, 2.24) is 4.98 Å². The van der Waals surface area contributed by atoms with Crippen LogP contribution in [0.4, 0.5) is 5.82 Å². The minimum atomic E-state index is 0.349. The molecule has 1 aromatic carbocycles. The summed E-state index contributed by atoms with van der Waals surface area (Å²) in [7, 11) is 2.05. The zero-order valence-corrected chi connectivity index (χ0v) is 15.4. The van der Waals surface area contributed by atoms with Gasteiger partial charge in [-0.3, -0.25) is 0 Å². The van der Waals surface area contributed by atoms with Crippen LogP contribution in [0, 0.1) is 13.5 Å². The summed E-state index contributed by atoms with van der Waals surface area (Å²) in [4.78, 5) is 7.74. The molecule has 0 saturated carbocycles. The molecule has 4 aromatic rings. The van der Waals surface area contributed by atoms with Gasteiger partial charge < -0.3 is 9.26 Å². The van der Waals surface area contributed by atoms with Gasteiger partial charge in [0.05, 0.1) is 10.9 Å². The maximum Gasteiger partial charge on any atom is 0.322 e. The van der Waals surface area contributed by atoms with E-state index in [2.05, 4.69) is 72.7 Å². The highest BCUT2D eigenvalue weighted by atomic mass is 16.3. The van der Waals surface area contributed by atoms with E-state index in [0.29, 0.717) is 17.4 Å². The summed E-state index contributed by atoms with van der Waals surface area (Å²) in [6.45, 7) is 13.7. The molecule has 0 amide bonds. The number of hydrogen-bond acceptors (Lipinski definition) is 2. The van der Waals surface area contributed by atoms with Crippen LogP contribution in [0.1, 0.15) is 30.9 Å². The van der Waals surface area contributed by atoms with Crippen molar-refractivity contribution in [2.45, 2.75) is 26.7 Å². The van der Waals surface area contributed by atoms with E-state index in [1.54, 1.807) is 6.07 Å². The number of pyridine rings is 2. The van der Waals surface area contributed by atoms with Crippen LogP contribution in [-0.4, -0.2) is 4.98 Å². The van der Waals surface area contributed by atoms with E-state index in [9.17, 15) is 0 Å². The Morgan fingerprint density at radius 1 is 1.12 bits per heavy atom. The van der Waals surface area contributed by atoms with Crippen LogP contribution in [-0.2, 0) is 7.05 Å². The molecule has 0 atom stereocenters. The van der Waals surface area contributed by atoms with Crippen LogP contribution in [0.2, 0.25) is 0 Å². The number of fused-ring (bicyclic) bond motifs is 3. The molecule has 0 radical (unpaired) electrons. The van der Waals surface area contributed by atoms with Crippen LogP contribution in [0.3, 0.4) is 0 Å². The first-order chi connectivity index (χ1) is 12.5. The van der Waals surface area contributed by atoms with Gasteiger partial charge in [-0.05, 0) is 30.0 Å². The molecule has 0 aliphatic rings. The van der Waals surface area contributed by atoms with Crippen molar-refractivity contribution in [3.05, 3.63) is 65.1 Å². The number of aromatic nitrogens is 2. The average molecular weight is 342 g/mol. The predicted molar refractivity (Wildman–Crippen MR) is 103 cm³/mol. The molecule has 4 heteroatoms. The molecule has 0 saturated heterocycles. The van der Waals surface area contributed by atoms with Crippen molar-refractivity contribution < 1.29 is 8.98 Å². The Morgan fingerprint density at radius 2 is 1.88 bits per heavy atom. The molecular weight excluding hydrogens is 322 g/mol. The fourth-order valence-electron chi connectivity index (χ4n) is 3.38. The Morgan fingerprint density at radius 3 is 2.62 bits per heavy atom. The molecule has 0 spiro atoms. The van der Waals surface area contributed by atoms with Gasteiger partial charge in [-0.1, -0.05) is 43.6 Å². The Kier molecular flexibility index (Phi) is 3.73. The number of aryl methyl sites for hydroxylation is 2. The van der Waals surface area contributed by atoms with Crippen molar-refractivity contribution in [2.75, 3.05) is 0 Å². The third kappa shape index (κ3) is 2.44. The van der Waals surface area contributed by atoms with Crippen molar-refractivity contribution in [3.63, 3.8) is 0 Å². The monoisotopic (exact) mass is 342 g/mol. The average Bonchev–Trinajstić information content (AvgIpc) is 2.99. The van der Waals surface area contributed by atoms with Gasteiger partial charge in [0, 0.05) is 17.5 Å². The highest BCUT2D eigenvalue weighted by Gasteiger charge is 2.22. The van der Waals surface area contributed by atoms with Crippen LogP contribution in [0.5, 0.6) is 0 Å². The summed E-state index contributed by atoms with van der Waals surface area (Å²) in [6.07, 6.45) is 2.10. The third-order valence-corrected chi connectivity index (χ3v) is 4.91. The molecule has 0 aliphatic heterocycles. The second-order valence-corrected chi connectivity index (χ2v) is 6.98. The fraction of sp³-hybridized carbons (Fsp3) is 0.227. The number of benzene rings is 1. The molecular formula is C22H20N3O+. The lowest BCUT2D eigenvalue weighted by molar-refractivity contribution is -0.660. The Balaban J connectivity index is 2.08. The van der Waals surface area contributed by atoms with Crippen molar-refractivity contribution in [3.8, 4) is 11.3 Å². The van der Waals surface area contributed by atoms with Crippen LogP contribution >= 0.6 is 0 Å². The van der Waals surface area contributed by atoms with E-state index >= 15 is 0 Å². The molecule has 3 aromatic heterocycles. The first kappa shape index (κ1) is 16.3. The predicted octanol–water partition coefficient (Wildman–Crippen LogP) is 5.46. The Bertz CT molecular complexity index is 1200. The number of nitrogens with zero attached hydrogens (tertiary/aromatic N) is 3. The lowest BCUT2D eigenvalue weighted by atomic mass is 9.97. The highest BCUT2D eigenvalue weighted by Crippen LogP contribution is 2.37. The number of rotatable bonds is 2. The molecule has 128 valence electrons. The first-order valence-corrected chi connectivity index (χ1v) is 8.70. The standard InChI is InChI=1S/C22H20N3O/c1-13(2)15-10-11-25(5)18(12-15)20-14(3)6-7-16-17-8-9-19(23-4)24-22(17)26-21(16)20/h6-13H,1-3,5H3/q+1. The van der Waals surface area contributed by atoms with Crippen LogP contribution < -0.4 is 4.57 Å². The number of furan rings is 1. The first-order valence-electron chi connectivity index (χ1n) is 8.70. The second-order valence-electron chi connectivity index (χ2n) is 6.98. The van der Waals surface area contributed by atoms with E-state index in [4.69, 9.17) is 11.0 Å². The molecule has 4 nitrogen and oxygen atoms in total. The summed E-state index contributed by atoms with van der Waals surface area (Å²) in [5.74, 6) is 0.801. The molecule has 0 aliphatic carbocycles. The molecule has 26 heavy (non-hydrogen) atoms. The minimum absolute atomic E-state index is 0.349. The summed E-state index contributed by atoms with van der Waals surface area (Å²) in [6, 6.07) is 12.3.